The second kappa shape index (κ2) is 3.78. The predicted molar refractivity (Wildman–Crippen MR) is 48.7 cm³/mol. The summed E-state index contributed by atoms with van der Waals surface area (Å²) >= 11 is 0. The van der Waals surface area contributed by atoms with E-state index in [0.717, 1.165) is 6.42 Å². The van der Waals surface area contributed by atoms with Gasteiger partial charge in [-0.1, -0.05) is 26.7 Å². The maximum Gasteiger partial charge on any atom is 0.312 e. The van der Waals surface area contributed by atoms with E-state index in [1.807, 2.05) is 0 Å². The van der Waals surface area contributed by atoms with Gasteiger partial charge < -0.3 is 11.1 Å². The Balaban J connectivity index is 2.46. The van der Waals surface area contributed by atoms with Crippen molar-refractivity contribution >= 4 is 6.03 Å². The Kier molecular flexibility index (Phi) is 2.95. The molecule has 1 aliphatic carbocycles. The molecule has 0 aromatic rings. The third-order valence-electron chi connectivity index (χ3n) is 3.03. The van der Waals surface area contributed by atoms with Crippen LogP contribution in [0, 0.1) is 11.8 Å². The Morgan fingerprint density at radius 2 is 2.08 bits per heavy atom. The Labute approximate surface area is 73.7 Å². The summed E-state index contributed by atoms with van der Waals surface area (Å²) in [6, 6.07) is -0.0906. The zero-order valence-electron chi connectivity index (χ0n) is 7.84. The molecule has 2 amide bonds. The summed E-state index contributed by atoms with van der Waals surface area (Å²) in [6.07, 6.45) is 3.56. The third kappa shape index (κ3) is 2.13. The van der Waals surface area contributed by atoms with Crippen molar-refractivity contribution in [3.63, 3.8) is 0 Å². The lowest BCUT2D eigenvalue weighted by molar-refractivity contribution is 0.199. The normalized spacial score (nSPS) is 36.0. The first-order valence-electron chi connectivity index (χ1n) is 4.67. The minimum absolute atomic E-state index is 0.297. The van der Waals surface area contributed by atoms with Crippen LogP contribution in [0.5, 0.6) is 0 Å². The summed E-state index contributed by atoms with van der Waals surface area (Å²) in [5.41, 5.74) is 5.08. The van der Waals surface area contributed by atoms with E-state index in [0.29, 0.717) is 17.9 Å². The number of hydrogen-bond donors (Lipinski definition) is 2. The summed E-state index contributed by atoms with van der Waals surface area (Å²) < 4.78 is 0. The quantitative estimate of drug-likeness (QED) is 0.615. The monoisotopic (exact) mass is 170 g/mol. The molecule has 3 nitrogen and oxygen atoms in total. The molecule has 0 spiro atoms. The van der Waals surface area contributed by atoms with Gasteiger partial charge in [-0.15, -0.1) is 0 Å². The molecule has 0 radical (unpaired) electrons. The lowest BCUT2D eigenvalue weighted by Crippen LogP contribution is -2.45. The number of nitrogens with one attached hydrogen (secondary N) is 1. The van der Waals surface area contributed by atoms with Crippen LogP contribution in [0.15, 0.2) is 0 Å². The van der Waals surface area contributed by atoms with Crippen molar-refractivity contribution in [3.8, 4) is 0 Å². The highest BCUT2D eigenvalue weighted by Crippen LogP contribution is 2.29. The van der Waals surface area contributed by atoms with Crippen molar-refractivity contribution in [2.45, 2.75) is 39.2 Å². The summed E-state index contributed by atoms with van der Waals surface area (Å²) in [6.45, 7) is 4.42. The average molecular weight is 170 g/mol. The highest BCUT2D eigenvalue weighted by atomic mass is 16.2. The molecule has 0 aromatic heterocycles. The lowest BCUT2D eigenvalue weighted by atomic mass is 9.78. The average Bonchev–Trinajstić information content (AvgIpc) is 1.98. The first kappa shape index (κ1) is 9.36. The number of urea groups is 1. The molecule has 12 heavy (non-hydrogen) atoms. The molecular formula is C9H18N2O. The summed E-state index contributed by atoms with van der Waals surface area (Å²) in [5, 5.41) is 2.80. The minimum Gasteiger partial charge on any atom is -0.352 e. The smallest absolute Gasteiger partial charge is 0.312 e. The van der Waals surface area contributed by atoms with Crippen LogP contribution in [-0.2, 0) is 0 Å². The summed E-state index contributed by atoms with van der Waals surface area (Å²) in [7, 11) is 0. The predicted octanol–water partition coefficient (Wildman–Crippen LogP) is 1.48. The van der Waals surface area contributed by atoms with E-state index in [9.17, 15) is 4.79 Å². The van der Waals surface area contributed by atoms with E-state index < -0.39 is 0 Å². The number of carbonyl (C=O) groups excluding carboxylic acids is 1. The Morgan fingerprint density at radius 3 is 2.67 bits per heavy atom. The van der Waals surface area contributed by atoms with Gasteiger partial charge in [-0.3, -0.25) is 0 Å². The van der Waals surface area contributed by atoms with Gasteiger partial charge in [-0.25, -0.2) is 4.79 Å². The van der Waals surface area contributed by atoms with Crippen LogP contribution in [0.2, 0.25) is 0 Å². The molecule has 0 saturated heterocycles. The zero-order valence-corrected chi connectivity index (χ0v) is 7.84. The molecule has 0 aliphatic heterocycles. The van der Waals surface area contributed by atoms with Gasteiger partial charge in [0, 0.05) is 6.04 Å². The molecule has 1 saturated carbocycles. The van der Waals surface area contributed by atoms with Gasteiger partial charge in [0.15, 0.2) is 0 Å². The van der Waals surface area contributed by atoms with Crippen LogP contribution in [0.25, 0.3) is 0 Å². The van der Waals surface area contributed by atoms with Gasteiger partial charge in [0.2, 0.25) is 0 Å². The first-order valence-corrected chi connectivity index (χ1v) is 4.67. The molecule has 3 heteroatoms. The van der Waals surface area contributed by atoms with Crippen molar-refractivity contribution in [1.82, 2.24) is 5.32 Å². The van der Waals surface area contributed by atoms with E-state index in [2.05, 4.69) is 19.2 Å². The van der Waals surface area contributed by atoms with Crippen molar-refractivity contribution in [2.24, 2.45) is 17.6 Å². The van der Waals surface area contributed by atoms with Crippen LogP contribution >= 0.6 is 0 Å². The van der Waals surface area contributed by atoms with Crippen LogP contribution in [0.4, 0.5) is 4.79 Å². The molecule has 70 valence electrons. The van der Waals surface area contributed by atoms with Crippen molar-refractivity contribution in [3.05, 3.63) is 0 Å². The van der Waals surface area contributed by atoms with Gasteiger partial charge >= 0.3 is 6.03 Å². The molecule has 0 bridgehead atoms. The fraction of sp³-hybridized carbons (Fsp3) is 0.889. The van der Waals surface area contributed by atoms with Crippen molar-refractivity contribution in [1.29, 1.82) is 0 Å². The maximum absolute atomic E-state index is 10.6. The largest absolute Gasteiger partial charge is 0.352 e. The number of hydrogen-bond acceptors (Lipinski definition) is 1. The molecule has 1 aliphatic rings. The lowest BCUT2D eigenvalue weighted by Gasteiger charge is -2.34. The number of carbonyl (C=O) groups is 1. The van der Waals surface area contributed by atoms with Crippen LogP contribution in [0.1, 0.15) is 33.1 Å². The first-order chi connectivity index (χ1) is 5.61. The fourth-order valence-electron chi connectivity index (χ4n) is 1.97. The third-order valence-corrected chi connectivity index (χ3v) is 3.03. The van der Waals surface area contributed by atoms with Crippen molar-refractivity contribution < 1.29 is 4.79 Å². The van der Waals surface area contributed by atoms with Crippen LogP contribution in [0.3, 0.4) is 0 Å². The Morgan fingerprint density at radius 1 is 1.42 bits per heavy atom. The molecule has 1 fully saturated rings. The highest BCUT2D eigenvalue weighted by molar-refractivity contribution is 5.72. The zero-order chi connectivity index (χ0) is 9.14. The van der Waals surface area contributed by atoms with Crippen LogP contribution < -0.4 is 11.1 Å². The van der Waals surface area contributed by atoms with Crippen LogP contribution in [-0.4, -0.2) is 12.1 Å². The van der Waals surface area contributed by atoms with Gasteiger partial charge in [-0.05, 0) is 18.3 Å². The molecule has 3 atom stereocenters. The van der Waals surface area contributed by atoms with E-state index >= 15 is 0 Å². The molecule has 1 rings (SSSR count). The van der Waals surface area contributed by atoms with E-state index in [4.69, 9.17) is 5.73 Å². The van der Waals surface area contributed by atoms with Gasteiger partial charge in [0.25, 0.3) is 0 Å². The second-order valence-corrected chi connectivity index (χ2v) is 3.88. The summed E-state index contributed by atoms with van der Waals surface area (Å²) in [4.78, 5) is 10.6. The number of amides is 2. The molecule has 0 heterocycles. The SMILES string of the molecule is C[C@H]1[C@H](C)CCC[C@H]1NC(N)=O. The van der Waals surface area contributed by atoms with Gasteiger partial charge in [-0.2, -0.15) is 0 Å². The number of rotatable bonds is 1. The van der Waals surface area contributed by atoms with E-state index in [1.165, 1.54) is 12.8 Å². The maximum atomic E-state index is 10.6. The molecule has 3 N–H and O–H groups in total. The van der Waals surface area contributed by atoms with Gasteiger partial charge in [0.1, 0.15) is 0 Å². The number of nitrogens with two attached hydrogens (primary N) is 1. The standard InChI is InChI=1S/C9H18N2O/c1-6-4-3-5-8(7(6)2)11-9(10)12/h6-8H,3-5H2,1-2H3,(H3,10,11,12)/t6-,7+,8-/m1/s1. The number of primary amides is 1. The fourth-order valence-corrected chi connectivity index (χ4v) is 1.97. The topological polar surface area (TPSA) is 55.1 Å². The minimum atomic E-state index is -0.388. The molecule has 0 unspecified atom stereocenters. The molecule has 0 aromatic carbocycles. The van der Waals surface area contributed by atoms with E-state index in [1.54, 1.807) is 0 Å². The molecular weight excluding hydrogens is 152 g/mol. The second-order valence-electron chi connectivity index (χ2n) is 3.88. The van der Waals surface area contributed by atoms with Crippen molar-refractivity contribution in [2.75, 3.05) is 0 Å². The Hall–Kier alpha value is -0.730. The van der Waals surface area contributed by atoms with E-state index in [-0.39, 0.29) is 6.03 Å². The Bertz CT molecular complexity index is 170. The van der Waals surface area contributed by atoms with Gasteiger partial charge in [0.05, 0.1) is 0 Å². The highest BCUT2D eigenvalue weighted by Gasteiger charge is 2.27. The summed E-state index contributed by atoms with van der Waals surface area (Å²) in [5.74, 6) is 1.27.